The predicted octanol–water partition coefficient (Wildman–Crippen LogP) is 4.05. The molecular formula is C11H22. The molecule has 0 aliphatic heterocycles. The molecule has 0 spiro atoms. The molecular weight excluding hydrogens is 132 g/mol. The Morgan fingerprint density at radius 3 is 2.00 bits per heavy atom. The van der Waals surface area contributed by atoms with Gasteiger partial charge in [-0.15, -0.1) is 6.58 Å². The Balaban J connectivity index is 0. The second-order valence-electron chi connectivity index (χ2n) is 3.22. The average Bonchev–Trinajstić information content (AvgIpc) is 1.81. The molecule has 0 N–H and O–H groups in total. The molecule has 0 aromatic rings. The van der Waals surface area contributed by atoms with Gasteiger partial charge in [-0.05, 0) is 25.2 Å². The summed E-state index contributed by atoms with van der Waals surface area (Å²) in [5.74, 6) is 1.31. The van der Waals surface area contributed by atoms with Gasteiger partial charge in [0.15, 0.2) is 0 Å². The van der Waals surface area contributed by atoms with E-state index in [0.29, 0.717) is 11.8 Å². The summed E-state index contributed by atoms with van der Waals surface area (Å²) >= 11 is 0. The summed E-state index contributed by atoms with van der Waals surface area (Å²) in [6.45, 7) is 14.2. The van der Waals surface area contributed by atoms with Gasteiger partial charge < -0.3 is 0 Å². The molecule has 0 aromatic carbocycles. The Bertz CT molecular complexity index is 120. The lowest BCUT2D eigenvalue weighted by Crippen LogP contribution is -2.07. The summed E-state index contributed by atoms with van der Waals surface area (Å²) in [7, 11) is 0. The fourth-order valence-corrected chi connectivity index (χ4v) is 1.22. The number of hydrogen-bond acceptors (Lipinski definition) is 0. The van der Waals surface area contributed by atoms with Crippen molar-refractivity contribution in [1.29, 1.82) is 0 Å². The summed E-state index contributed by atoms with van der Waals surface area (Å²) in [6, 6.07) is 0. The van der Waals surface area contributed by atoms with Gasteiger partial charge in [0.05, 0.1) is 0 Å². The zero-order chi connectivity index (χ0) is 8.15. The summed E-state index contributed by atoms with van der Waals surface area (Å²) in [6.07, 6.45) is 3.03. The Kier molecular flexibility index (Phi) is 7.39. The third kappa shape index (κ3) is 4.83. The molecule has 0 unspecified atom stereocenters. The maximum atomic E-state index is 3.95. The molecule has 0 nitrogen and oxygen atoms in total. The van der Waals surface area contributed by atoms with Crippen molar-refractivity contribution >= 4 is 0 Å². The zero-order valence-electron chi connectivity index (χ0n) is 7.35. The minimum Gasteiger partial charge on any atom is -0.103 e. The molecule has 0 amide bonds. The van der Waals surface area contributed by atoms with E-state index < -0.39 is 0 Å². The van der Waals surface area contributed by atoms with Crippen molar-refractivity contribution < 1.29 is 0 Å². The summed E-state index contributed by atoms with van der Waals surface area (Å²) in [5.41, 5.74) is 1.27. The number of allylic oxidation sites excluding steroid dienone is 2. The first-order valence-electron chi connectivity index (χ1n) is 3.86. The van der Waals surface area contributed by atoms with Gasteiger partial charge in [0.1, 0.15) is 0 Å². The monoisotopic (exact) mass is 154 g/mol. The third-order valence-electron chi connectivity index (χ3n) is 1.86. The van der Waals surface area contributed by atoms with Crippen molar-refractivity contribution in [2.75, 3.05) is 0 Å². The Labute approximate surface area is 72.0 Å². The lowest BCUT2D eigenvalue weighted by Gasteiger charge is -2.18. The molecule has 0 heterocycles. The average molecular weight is 154 g/mol. The molecule has 1 atom stereocenters. The largest absolute Gasteiger partial charge is 0.103 e. The quantitative estimate of drug-likeness (QED) is 0.536. The van der Waals surface area contributed by atoms with Crippen LogP contribution in [0.1, 0.15) is 34.6 Å². The molecule has 0 rings (SSSR count). The second-order valence-corrected chi connectivity index (χ2v) is 3.22. The van der Waals surface area contributed by atoms with Crippen LogP contribution in [0.3, 0.4) is 0 Å². The number of rotatable bonds is 4. The van der Waals surface area contributed by atoms with Crippen molar-refractivity contribution in [2.45, 2.75) is 34.6 Å². The van der Waals surface area contributed by atoms with E-state index in [4.69, 9.17) is 0 Å². The van der Waals surface area contributed by atoms with Crippen molar-refractivity contribution in [3.63, 3.8) is 0 Å². The smallest absolute Gasteiger partial charge is 0.0151 e. The van der Waals surface area contributed by atoms with Crippen molar-refractivity contribution in [3.05, 3.63) is 24.8 Å². The van der Waals surface area contributed by atoms with Crippen molar-refractivity contribution in [2.24, 2.45) is 11.8 Å². The standard InChI is InChI=1S/C10H18.CH4/c1-6-7-10(8(2)3)9(4)5;/h6,9-10H,1-2,7H2,3-5H3;1H4/t10-;/m1./s1. The van der Waals surface area contributed by atoms with Crippen LogP contribution in [0, 0.1) is 11.8 Å². The molecule has 0 saturated carbocycles. The first-order chi connectivity index (χ1) is 4.59. The van der Waals surface area contributed by atoms with Crippen LogP contribution in [0.25, 0.3) is 0 Å². The normalized spacial score (nSPS) is 12.0. The summed E-state index contributed by atoms with van der Waals surface area (Å²) in [4.78, 5) is 0. The summed E-state index contributed by atoms with van der Waals surface area (Å²) in [5, 5.41) is 0. The molecule has 11 heavy (non-hydrogen) atoms. The zero-order valence-corrected chi connectivity index (χ0v) is 7.35. The highest BCUT2D eigenvalue weighted by molar-refractivity contribution is 4.99. The van der Waals surface area contributed by atoms with E-state index in [1.54, 1.807) is 0 Å². The van der Waals surface area contributed by atoms with Gasteiger partial charge in [-0.1, -0.05) is 39.5 Å². The predicted molar refractivity (Wildman–Crippen MR) is 54.7 cm³/mol. The van der Waals surface area contributed by atoms with E-state index in [-0.39, 0.29) is 7.43 Å². The van der Waals surface area contributed by atoms with E-state index in [2.05, 4.69) is 33.9 Å². The van der Waals surface area contributed by atoms with Gasteiger partial charge >= 0.3 is 0 Å². The van der Waals surface area contributed by atoms with Crippen LogP contribution in [0.5, 0.6) is 0 Å². The van der Waals surface area contributed by atoms with Gasteiger partial charge in [0.25, 0.3) is 0 Å². The van der Waals surface area contributed by atoms with Gasteiger partial charge in [0.2, 0.25) is 0 Å². The molecule has 66 valence electrons. The van der Waals surface area contributed by atoms with Crippen LogP contribution < -0.4 is 0 Å². The van der Waals surface area contributed by atoms with Crippen LogP contribution >= 0.6 is 0 Å². The minimum atomic E-state index is 0. The first kappa shape index (κ1) is 13.1. The lowest BCUT2D eigenvalue weighted by molar-refractivity contribution is 0.448. The van der Waals surface area contributed by atoms with Crippen LogP contribution in [0.15, 0.2) is 24.8 Å². The van der Waals surface area contributed by atoms with Crippen LogP contribution in [0.4, 0.5) is 0 Å². The fourth-order valence-electron chi connectivity index (χ4n) is 1.22. The highest BCUT2D eigenvalue weighted by Gasteiger charge is 2.10. The molecule has 0 aromatic heterocycles. The van der Waals surface area contributed by atoms with E-state index in [9.17, 15) is 0 Å². The SMILES string of the molecule is C.C=CC[C@H](C(=C)C)C(C)C. The molecule has 0 fully saturated rings. The molecule has 0 radical (unpaired) electrons. The van der Waals surface area contributed by atoms with E-state index in [1.807, 2.05) is 6.08 Å². The summed E-state index contributed by atoms with van der Waals surface area (Å²) < 4.78 is 0. The molecule has 0 saturated heterocycles. The van der Waals surface area contributed by atoms with Gasteiger partial charge in [-0.25, -0.2) is 0 Å². The van der Waals surface area contributed by atoms with E-state index in [0.717, 1.165) is 6.42 Å². The van der Waals surface area contributed by atoms with E-state index in [1.165, 1.54) is 5.57 Å². The highest BCUT2D eigenvalue weighted by atomic mass is 14.2. The van der Waals surface area contributed by atoms with Crippen molar-refractivity contribution in [3.8, 4) is 0 Å². The molecule has 0 aliphatic rings. The minimum absolute atomic E-state index is 0. The van der Waals surface area contributed by atoms with Crippen LogP contribution in [0.2, 0.25) is 0 Å². The molecule has 0 aliphatic carbocycles. The molecule has 0 bridgehead atoms. The van der Waals surface area contributed by atoms with Gasteiger partial charge in [-0.2, -0.15) is 0 Å². The van der Waals surface area contributed by atoms with Gasteiger partial charge in [-0.3, -0.25) is 0 Å². The first-order valence-corrected chi connectivity index (χ1v) is 3.86. The van der Waals surface area contributed by atoms with Crippen LogP contribution in [-0.2, 0) is 0 Å². The topological polar surface area (TPSA) is 0 Å². The number of hydrogen-bond donors (Lipinski definition) is 0. The maximum absolute atomic E-state index is 3.95. The van der Waals surface area contributed by atoms with Crippen molar-refractivity contribution in [1.82, 2.24) is 0 Å². The second kappa shape index (κ2) is 6.21. The fraction of sp³-hybridized carbons (Fsp3) is 0.636. The Morgan fingerprint density at radius 2 is 1.91 bits per heavy atom. The Morgan fingerprint density at radius 1 is 1.45 bits per heavy atom. The molecule has 0 heteroatoms. The highest BCUT2D eigenvalue weighted by Crippen LogP contribution is 2.22. The van der Waals surface area contributed by atoms with Gasteiger partial charge in [0, 0.05) is 0 Å². The Hall–Kier alpha value is -0.520. The third-order valence-corrected chi connectivity index (χ3v) is 1.86. The maximum Gasteiger partial charge on any atom is -0.0151 e. The van der Waals surface area contributed by atoms with Crippen LogP contribution in [-0.4, -0.2) is 0 Å². The van der Waals surface area contributed by atoms with E-state index >= 15 is 0 Å². The lowest BCUT2D eigenvalue weighted by atomic mass is 9.87.